The molecule has 1 unspecified atom stereocenters. The molecule has 0 saturated heterocycles. The maximum atomic E-state index is 12.9. The monoisotopic (exact) mass is 525 g/mol. The second-order valence-electron chi connectivity index (χ2n) is 9.53. The molecule has 6 nitrogen and oxygen atoms in total. The summed E-state index contributed by atoms with van der Waals surface area (Å²) in [6.45, 7) is 8.05. The number of rotatable bonds is 8. The van der Waals surface area contributed by atoms with Gasteiger partial charge in [-0.05, 0) is 59.4 Å². The molecule has 1 aromatic heterocycles. The van der Waals surface area contributed by atoms with Crippen molar-refractivity contribution in [2.24, 2.45) is 5.92 Å². The minimum absolute atomic E-state index is 0.0605. The van der Waals surface area contributed by atoms with Crippen LogP contribution in [0.15, 0.2) is 65.7 Å². The summed E-state index contributed by atoms with van der Waals surface area (Å²) in [6.07, 6.45) is 2.49. The molecule has 2 heterocycles. The molecule has 4 rings (SSSR count). The van der Waals surface area contributed by atoms with Gasteiger partial charge in [-0.2, -0.15) is 0 Å². The van der Waals surface area contributed by atoms with E-state index in [4.69, 9.17) is 16.6 Å². The number of carbonyl (C=O) groups is 1. The van der Waals surface area contributed by atoms with Gasteiger partial charge in [0.05, 0.1) is 27.9 Å². The molecule has 1 amide bonds. The fraction of sp³-hybridized carbons (Fsp3) is 0.357. The number of halogens is 1. The van der Waals surface area contributed by atoms with Crippen LogP contribution in [0.5, 0.6) is 0 Å². The Kier molecular flexibility index (Phi) is 8.13. The first-order valence-electron chi connectivity index (χ1n) is 12.2. The van der Waals surface area contributed by atoms with E-state index in [2.05, 4.69) is 36.2 Å². The zero-order chi connectivity index (χ0) is 25.9. The van der Waals surface area contributed by atoms with Crippen LogP contribution in [0.25, 0.3) is 0 Å². The molecule has 2 aromatic carbocycles. The van der Waals surface area contributed by atoms with Crippen LogP contribution in [0.3, 0.4) is 0 Å². The number of fused-ring (bicyclic) bond motifs is 1. The number of benzene rings is 2. The molecule has 1 aliphatic rings. The Hall–Kier alpha value is -2.74. The molecule has 0 saturated carbocycles. The first kappa shape index (κ1) is 26.3. The zero-order valence-corrected chi connectivity index (χ0v) is 22.4. The lowest BCUT2D eigenvalue weighted by Crippen LogP contribution is -2.38. The summed E-state index contributed by atoms with van der Waals surface area (Å²) < 4.78 is 24.0. The summed E-state index contributed by atoms with van der Waals surface area (Å²) in [5, 5.41) is 3.66. The standard InChI is InChI=1S/C28H32ClN3O3S/c1-4-36(34,35)25-11-7-20(8-12-25)16-31-28(33)23-15-22-13-14-32(18-21-5-9-24(29)10-6-21)27(19(2)3)26(22)30-17-23/h5-12,15,17,19,27H,4,13-14,16,18H2,1-3H3,(H,31,33). The Bertz CT molecular complexity index is 1320. The van der Waals surface area contributed by atoms with E-state index in [-0.39, 0.29) is 17.7 Å². The first-order valence-corrected chi connectivity index (χ1v) is 14.3. The predicted octanol–water partition coefficient (Wildman–Crippen LogP) is 5.21. The Balaban J connectivity index is 1.45. The molecule has 0 radical (unpaired) electrons. The summed E-state index contributed by atoms with van der Waals surface area (Å²) in [7, 11) is -3.24. The number of hydrogen-bond acceptors (Lipinski definition) is 5. The van der Waals surface area contributed by atoms with Crippen molar-refractivity contribution in [3.63, 3.8) is 0 Å². The van der Waals surface area contributed by atoms with Crippen molar-refractivity contribution in [1.82, 2.24) is 15.2 Å². The predicted molar refractivity (Wildman–Crippen MR) is 143 cm³/mol. The Morgan fingerprint density at radius 2 is 1.78 bits per heavy atom. The Labute approximate surface area is 218 Å². The second kappa shape index (κ2) is 11.1. The summed E-state index contributed by atoms with van der Waals surface area (Å²) in [4.78, 5) is 20.4. The number of pyridine rings is 1. The van der Waals surface area contributed by atoms with E-state index in [0.717, 1.165) is 41.4 Å². The maximum absolute atomic E-state index is 12.9. The molecule has 1 atom stereocenters. The number of sulfone groups is 1. The third-order valence-electron chi connectivity index (χ3n) is 6.65. The molecule has 8 heteroatoms. The van der Waals surface area contributed by atoms with E-state index in [0.29, 0.717) is 22.9 Å². The van der Waals surface area contributed by atoms with Gasteiger partial charge >= 0.3 is 0 Å². The highest BCUT2D eigenvalue weighted by atomic mass is 35.5. The average Bonchev–Trinajstić information content (AvgIpc) is 2.88. The van der Waals surface area contributed by atoms with Gasteiger partial charge in [-0.1, -0.05) is 56.6 Å². The van der Waals surface area contributed by atoms with Crippen LogP contribution in [0.1, 0.15) is 59.6 Å². The van der Waals surface area contributed by atoms with Gasteiger partial charge in [-0.25, -0.2) is 8.42 Å². The van der Waals surface area contributed by atoms with Gasteiger partial charge in [0.15, 0.2) is 9.84 Å². The minimum atomic E-state index is -3.24. The number of nitrogens with zero attached hydrogens (tertiary/aromatic N) is 2. The molecule has 190 valence electrons. The van der Waals surface area contributed by atoms with Gasteiger partial charge in [0, 0.05) is 30.9 Å². The molecule has 3 aromatic rings. The summed E-state index contributed by atoms with van der Waals surface area (Å²) >= 11 is 6.05. The highest BCUT2D eigenvalue weighted by molar-refractivity contribution is 7.91. The van der Waals surface area contributed by atoms with E-state index in [9.17, 15) is 13.2 Å². The van der Waals surface area contributed by atoms with Gasteiger partial charge in [-0.3, -0.25) is 14.7 Å². The molecule has 1 aliphatic heterocycles. The van der Waals surface area contributed by atoms with Gasteiger partial charge < -0.3 is 5.32 Å². The van der Waals surface area contributed by atoms with Crippen LogP contribution in [-0.4, -0.2) is 36.5 Å². The van der Waals surface area contributed by atoms with Crippen LogP contribution < -0.4 is 5.32 Å². The number of nitrogens with one attached hydrogen (secondary N) is 1. The van der Waals surface area contributed by atoms with Gasteiger partial charge in [-0.15, -0.1) is 0 Å². The van der Waals surface area contributed by atoms with Crippen LogP contribution in [0.4, 0.5) is 0 Å². The summed E-state index contributed by atoms with van der Waals surface area (Å²) in [6, 6.07) is 16.7. The molecular weight excluding hydrogens is 494 g/mol. The summed E-state index contributed by atoms with van der Waals surface area (Å²) in [5.74, 6) is 0.230. The van der Waals surface area contributed by atoms with Crippen LogP contribution >= 0.6 is 11.6 Å². The molecule has 0 aliphatic carbocycles. The second-order valence-corrected chi connectivity index (χ2v) is 12.2. The van der Waals surface area contributed by atoms with E-state index in [1.807, 2.05) is 18.2 Å². The lowest BCUT2D eigenvalue weighted by atomic mass is 9.89. The highest BCUT2D eigenvalue weighted by Crippen LogP contribution is 2.35. The van der Waals surface area contributed by atoms with Crippen LogP contribution in [0.2, 0.25) is 5.02 Å². The Morgan fingerprint density at radius 3 is 2.42 bits per heavy atom. The molecule has 0 fully saturated rings. The van der Waals surface area contributed by atoms with E-state index < -0.39 is 9.84 Å². The SMILES string of the molecule is CCS(=O)(=O)c1ccc(CNC(=O)c2cnc3c(c2)CCN(Cc2ccc(Cl)cc2)C3C(C)C)cc1. The number of hydrogen-bond donors (Lipinski definition) is 1. The van der Waals surface area contributed by atoms with Crippen molar-refractivity contribution in [2.45, 2.75) is 51.2 Å². The molecule has 0 bridgehead atoms. The fourth-order valence-electron chi connectivity index (χ4n) is 4.69. The quantitative estimate of drug-likeness (QED) is 0.436. The number of aromatic nitrogens is 1. The molecule has 0 spiro atoms. The van der Waals surface area contributed by atoms with Crippen LogP contribution in [0, 0.1) is 5.92 Å². The van der Waals surface area contributed by atoms with Crippen molar-refractivity contribution < 1.29 is 13.2 Å². The van der Waals surface area contributed by atoms with Crippen molar-refractivity contribution in [3.05, 3.63) is 93.8 Å². The largest absolute Gasteiger partial charge is 0.348 e. The molecular formula is C28H32ClN3O3S. The number of amides is 1. The van der Waals surface area contributed by atoms with E-state index >= 15 is 0 Å². The van der Waals surface area contributed by atoms with Gasteiger partial charge in [0.25, 0.3) is 5.91 Å². The lowest BCUT2D eigenvalue weighted by molar-refractivity contribution is 0.0949. The van der Waals surface area contributed by atoms with E-state index in [1.54, 1.807) is 37.4 Å². The first-order chi connectivity index (χ1) is 17.2. The molecule has 36 heavy (non-hydrogen) atoms. The number of carbonyl (C=O) groups excluding carboxylic acids is 1. The Morgan fingerprint density at radius 1 is 1.11 bits per heavy atom. The normalized spacial score (nSPS) is 16.1. The third kappa shape index (κ3) is 5.97. The lowest BCUT2D eigenvalue weighted by Gasteiger charge is -2.39. The smallest absolute Gasteiger partial charge is 0.253 e. The van der Waals surface area contributed by atoms with Gasteiger partial charge in [0.1, 0.15) is 0 Å². The summed E-state index contributed by atoms with van der Waals surface area (Å²) in [5.41, 5.74) is 4.73. The van der Waals surface area contributed by atoms with Crippen LogP contribution in [-0.2, 0) is 29.3 Å². The zero-order valence-electron chi connectivity index (χ0n) is 20.9. The maximum Gasteiger partial charge on any atom is 0.253 e. The highest BCUT2D eigenvalue weighted by Gasteiger charge is 2.31. The van der Waals surface area contributed by atoms with Crippen molar-refractivity contribution in [1.29, 1.82) is 0 Å². The minimum Gasteiger partial charge on any atom is -0.348 e. The van der Waals surface area contributed by atoms with Gasteiger partial charge in [0.2, 0.25) is 0 Å². The average molecular weight is 526 g/mol. The fourth-order valence-corrected chi connectivity index (χ4v) is 5.70. The third-order valence-corrected chi connectivity index (χ3v) is 8.65. The topological polar surface area (TPSA) is 79.4 Å². The van der Waals surface area contributed by atoms with Crippen molar-refractivity contribution in [3.8, 4) is 0 Å². The van der Waals surface area contributed by atoms with Crippen molar-refractivity contribution in [2.75, 3.05) is 12.3 Å². The van der Waals surface area contributed by atoms with Crippen molar-refractivity contribution >= 4 is 27.3 Å². The molecule has 1 N–H and O–H groups in total. The van der Waals surface area contributed by atoms with E-state index in [1.165, 1.54) is 5.56 Å².